The average molecular weight is 439 g/mol. The van der Waals surface area contributed by atoms with Crippen molar-refractivity contribution < 1.29 is 0 Å². The van der Waals surface area contributed by atoms with Crippen molar-refractivity contribution in [3.63, 3.8) is 0 Å². The summed E-state index contributed by atoms with van der Waals surface area (Å²) in [5.74, 6) is 1.08. The second kappa shape index (κ2) is 9.01. The van der Waals surface area contributed by atoms with Crippen molar-refractivity contribution in [3.8, 4) is 11.3 Å². The molecular weight excluding hydrogens is 404 g/mol. The number of rotatable bonds is 8. The van der Waals surface area contributed by atoms with E-state index in [2.05, 4.69) is 91.8 Å². The van der Waals surface area contributed by atoms with E-state index >= 15 is 0 Å². The predicted octanol–water partition coefficient (Wildman–Crippen LogP) is 7.84. The van der Waals surface area contributed by atoms with Crippen LogP contribution in [0, 0.1) is 5.92 Å². The van der Waals surface area contributed by atoms with Crippen LogP contribution < -0.4 is 0 Å². The first-order valence-electron chi connectivity index (χ1n) is 12.5. The largest absolute Gasteiger partial charge is 0.340 e. The Morgan fingerprint density at radius 1 is 0.909 bits per heavy atom. The van der Waals surface area contributed by atoms with Gasteiger partial charge < -0.3 is 4.57 Å². The maximum Gasteiger partial charge on any atom is 0.155 e. The summed E-state index contributed by atoms with van der Waals surface area (Å²) in [5.41, 5.74) is 6.89. The molecular formula is C29H34N4. The number of nitrogens with zero attached hydrogens (tertiary/aromatic N) is 4. The van der Waals surface area contributed by atoms with Crippen molar-refractivity contribution in [3.05, 3.63) is 66.5 Å². The minimum absolute atomic E-state index is 0.374. The zero-order chi connectivity index (χ0) is 22.9. The first-order valence-corrected chi connectivity index (χ1v) is 12.5. The number of hydrogen-bond acceptors (Lipinski definition) is 2. The summed E-state index contributed by atoms with van der Waals surface area (Å²) in [6, 6.07) is 19.9. The van der Waals surface area contributed by atoms with E-state index in [1.807, 2.05) is 10.7 Å². The van der Waals surface area contributed by atoms with Gasteiger partial charge in [0.15, 0.2) is 5.65 Å². The second-order valence-corrected chi connectivity index (χ2v) is 9.60. The van der Waals surface area contributed by atoms with Crippen LogP contribution in [0.1, 0.15) is 65.0 Å². The monoisotopic (exact) mass is 438 g/mol. The van der Waals surface area contributed by atoms with E-state index in [0.29, 0.717) is 11.8 Å². The van der Waals surface area contributed by atoms with Gasteiger partial charge in [0.2, 0.25) is 0 Å². The highest BCUT2D eigenvalue weighted by molar-refractivity contribution is 6.09. The van der Waals surface area contributed by atoms with Gasteiger partial charge in [-0.3, -0.25) is 0 Å². The van der Waals surface area contributed by atoms with Crippen molar-refractivity contribution in [1.82, 2.24) is 19.2 Å². The molecule has 0 aliphatic carbocycles. The molecule has 0 fully saturated rings. The van der Waals surface area contributed by atoms with E-state index in [1.54, 1.807) is 0 Å². The van der Waals surface area contributed by atoms with Crippen LogP contribution in [-0.4, -0.2) is 19.2 Å². The van der Waals surface area contributed by atoms with Crippen LogP contribution in [0.15, 0.2) is 60.8 Å². The summed E-state index contributed by atoms with van der Waals surface area (Å²) in [7, 11) is 0. The van der Waals surface area contributed by atoms with Crippen molar-refractivity contribution >= 4 is 27.5 Å². The smallest absolute Gasteiger partial charge is 0.155 e. The van der Waals surface area contributed by atoms with Crippen LogP contribution in [0.4, 0.5) is 0 Å². The molecule has 0 spiro atoms. The highest BCUT2D eigenvalue weighted by Gasteiger charge is 2.16. The fourth-order valence-corrected chi connectivity index (χ4v) is 5.00. The van der Waals surface area contributed by atoms with Crippen LogP contribution in [0.3, 0.4) is 0 Å². The van der Waals surface area contributed by atoms with E-state index in [-0.39, 0.29) is 0 Å². The van der Waals surface area contributed by atoms with Crippen LogP contribution in [-0.2, 0) is 6.54 Å². The van der Waals surface area contributed by atoms with Gasteiger partial charge in [-0.1, -0.05) is 71.2 Å². The molecule has 0 saturated carbocycles. The van der Waals surface area contributed by atoms with Crippen LogP contribution in [0.5, 0.6) is 0 Å². The standard InChI is InChI=1S/C29H34N4/c1-5-7-10-21(6-2)19-32-27-12-9-8-11-23(27)24-17-22(13-14-28(24)32)26-15-16-30-29-18-25(20(3)4)31-33(26)29/h8-9,11-18,20-21H,5-7,10,19H2,1-4H3. The number of para-hydroxylation sites is 1. The molecule has 33 heavy (non-hydrogen) atoms. The molecule has 0 saturated heterocycles. The molecule has 3 aromatic heterocycles. The van der Waals surface area contributed by atoms with Crippen molar-refractivity contribution in [1.29, 1.82) is 0 Å². The lowest BCUT2D eigenvalue weighted by molar-refractivity contribution is 0.401. The lowest BCUT2D eigenvalue weighted by Crippen LogP contribution is -2.10. The Balaban J connectivity index is 1.65. The van der Waals surface area contributed by atoms with Crippen LogP contribution in [0.25, 0.3) is 38.7 Å². The van der Waals surface area contributed by atoms with Gasteiger partial charge in [-0.15, -0.1) is 0 Å². The predicted molar refractivity (Wildman–Crippen MR) is 139 cm³/mol. The Morgan fingerprint density at radius 2 is 1.73 bits per heavy atom. The average Bonchev–Trinajstić information content (AvgIpc) is 3.41. The first kappa shape index (κ1) is 21.7. The molecule has 1 atom stereocenters. The van der Waals surface area contributed by atoms with Gasteiger partial charge in [0.1, 0.15) is 0 Å². The zero-order valence-corrected chi connectivity index (χ0v) is 20.3. The second-order valence-electron chi connectivity index (χ2n) is 9.60. The van der Waals surface area contributed by atoms with Crippen LogP contribution in [0.2, 0.25) is 0 Å². The fraction of sp³-hybridized carbons (Fsp3) is 0.379. The minimum atomic E-state index is 0.374. The lowest BCUT2D eigenvalue weighted by atomic mass is 9.99. The van der Waals surface area contributed by atoms with Gasteiger partial charge in [-0.05, 0) is 42.5 Å². The topological polar surface area (TPSA) is 35.1 Å². The first-order chi connectivity index (χ1) is 16.1. The van der Waals surface area contributed by atoms with Gasteiger partial charge in [0.05, 0.1) is 11.4 Å². The van der Waals surface area contributed by atoms with E-state index in [1.165, 1.54) is 53.1 Å². The molecule has 4 nitrogen and oxygen atoms in total. The third-order valence-electron chi connectivity index (χ3n) is 7.02. The summed E-state index contributed by atoms with van der Waals surface area (Å²) >= 11 is 0. The fourth-order valence-electron chi connectivity index (χ4n) is 5.00. The molecule has 5 aromatic rings. The molecule has 170 valence electrons. The quantitative estimate of drug-likeness (QED) is 0.247. The van der Waals surface area contributed by atoms with E-state index in [0.717, 1.165) is 23.6 Å². The molecule has 0 N–H and O–H groups in total. The maximum absolute atomic E-state index is 4.86. The highest BCUT2D eigenvalue weighted by Crippen LogP contribution is 2.34. The summed E-state index contributed by atoms with van der Waals surface area (Å²) in [5, 5.41) is 7.51. The molecule has 0 bridgehead atoms. The molecule has 0 aliphatic rings. The Kier molecular flexibility index (Phi) is 5.92. The Morgan fingerprint density at radius 3 is 2.52 bits per heavy atom. The van der Waals surface area contributed by atoms with Gasteiger partial charge in [0.25, 0.3) is 0 Å². The Labute approximate surface area is 196 Å². The van der Waals surface area contributed by atoms with Gasteiger partial charge in [0, 0.05) is 46.2 Å². The molecule has 2 aromatic carbocycles. The summed E-state index contributed by atoms with van der Waals surface area (Å²) in [4.78, 5) is 4.55. The Bertz CT molecular complexity index is 1410. The number of fused-ring (bicyclic) bond motifs is 4. The number of hydrogen-bond donors (Lipinski definition) is 0. The van der Waals surface area contributed by atoms with Crippen molar-refractivity contribution in [2.24, 2.45) is 5.92 Å². The molecule has 0 radical (unpaired) electrons. The summed E-state index contributed by atoms with van der Waals surface area (Å²) < 4.78 is 4.54. The SMILES string of the molecule is CCCCC(CC)Cn1c2ccccc2c2cc(-c3ccnc4cc(C(C)C)nn34)ccc21. The third-order valence-corrected chi connectivity index (χ3v) is 7.02. The molecule has 0 amide bonds. The Hall–Kier alpha value is -3.14. The zero-order valence-electron chi connectivity index (χ0n) is 20.3. The van der Waals surface area contributed by atoms with E-state index < -0.39 is 0 Å². The number of unbranched alkanes of at least 4 members (excludes halogenated alkanes) is 1. The van der Waals surface area contributed by atoms with Crippen LogP contribution >= 0.6 is 0 Å². The maximum atomic E-state index is 4.86. The summed E-state index contributed by atoms with van der Waals surface area (Å²) in [6.45, 7) is 10.0. The normalized spacial score (nSPS) is 13.0. The third kappa shape index (κ3) is 3.92. The van der Waals surface area contributed by atoms with E-state index in [4.69, 9.17) is 5.10 Å². The van der Waals surface area contributed by atoms with E-state index in [9.17, 15) is 0 Å². The molecule has 5 rings (SSSR count). The molecule has 0 aliphatic heterocycles. The molecule has 3 heterocycles. The minimum Gasteiger partial charge on any atom is -0.340 e. The van der Waals surface area contributed by atoms with Gasteiger partial charge in [-0.25, -0.2) is 9.50 Å². The molecule has 4 heteroatoms. The van der Waals surface area contributed by atoms with Crippen molar-refractivity contribution in [2.45, 2.75) is 65.8 Å². The number of aromatic nitrogens is 4. The lowest BCUT2D eigenvalue weighted by Gasteiger charge is -2.17. The van der Waals surface area contributed by atoms with Gasteiger partial charge >= 0.3 is 0 Å². The van der Waals surface area contributed by atoms with Gasteiger partial charge in [-0.2, -0.15) is 5.10 Å². The summed E-state index contributed by atoms with van der Waals surface area (Å²) in [6.07, 6.45) is 6.98. The number of benzene rings is 2. The highest BCUT2D eigenvalue weighted by atomic mass is 15.3. The molecule has 1 unspecified atom stereocenters. The van der Waals surface area contributed by atoms with Crippen molar-refractivity contribution in [2.75, 3.05) is 0 Å².